The van der Waals surface area contributed by atoms with E-state index in [0.29, 0.717) is 43.5 Å². The molecular weight excluding hydrogens is 462 g/mol. The van der Waals surface area contributed by atoms with Gasteiger partial charge in [0.25, 0.3) is 0 Å². The predicted molar refractivity (Wildman–Crippen MR) is 123 cm³/mol. The molecule has 182 valence electrons. The van der Waals surface area contributed by atoms with E-state index in [-0.39, 0.29) is 36.2 Å². The summed E-state index contributed by atoms with van der Waals surface area (Å²) in [5.41, 5.74) is 0.355. The number of nitrogens with zero attached hydrogens (tertiary/aromatic N) is 2. The summed E-state index contributed by atoms with van der Waals surface area (Å²) in [5.74, 6) is 1.32. The van der Waals surface area contributed by atoms with Crippen LogP contribution in [0.5, 0.6) is 5.75 Å². The van der Waals surface area contributed by atoms with Crippen molar-refractivity contribution in [2.45, 2.75) is 18.0 Å². The summed E-state index contributed by atoms with van der Waals surface area (Å²) < 4.78 is 49.1. The van der Waals surface area contributed by atoms with Gasteiger partial charge in [0.2, 0.25) is 15.9 Å². The van der Waals surface area contributed by atoms with Crippen molar-refractivity contribution in [1.29, 1.82) is 0 Å². The Morgan fingerprint density at radius 1 is 1.06 bits per heavy atom. The van der Waals surface area contributed by atoms with Crippen molar-refractivity contribution >= 4 is 21.6 Å². The Balaban J connectivity index is 1.49. The highest BCUT2D eigenvalue weighted by atomic mass is 32.2. The Morgan fingerprint density at radius 3 is 2.26 bits per heavy atom. The molecule has 0 spiro atoms. The van der Waals surface area contributed by atoms with E-state index in [2.05, 4.69) is 5.32 Å². The first-order chi connectivity index (χ1) is 16.5. The molecule has 4 rings (SSSR count). The molecule has 0 atom stereocenters. The van der Waals surface area contributed by atoms with Crippen molar-refractivity contribution in [3.63, 3.8) is 0 Å². The summed E-state index contributed by atoms with van der Waals surface area (Å²) in [6.07, 6.45) is 3.16. The van der Waals surface area contributed by atoms with E-state index in [1.807, 2.05) is 17.0 Å². The molecule has 1 saturated heterocycles. The lowest BCUT2D eigenvalue weighted by Crippen LogP contribution is -2.40. The molecule has 2 aromatic heterocycles. The van der Waals surface area contributed by atoms with E-state index in [1.165, 1.54) is 23.5 Å². The number of furan rings is 2. The number of amides is 1. The highest BCUT2D eigenvalue weighted by Gasteiger charge is 2.29. The molecule has 0 unspecified atom stereocenters. The standard InChI is InChI=1S/C23H27N3O7S/c1-30-21-7-6-18(14-22(21)34(28,29)26-8-12-31-13-9-26)24-23(27)17-25(15-19-4-2-10-32-19)16-20-5-3-11-33-20/h2-7,10-11,14H,8-9,12-13,15-17H2,1H3,(H,24,27). The minimum absolute atomic E-state index is 0.00210. The highest BCUT2D eigenvalue weighted by molar-refractivity contribution is 7.89. The molecule has 0 aliphatic carbocycles. The second-order valence-corrected chi connectivity index (χ2v) is 9.64. The summed E-state index contributed by atoms with van der Waals surface area (Å²) in [6, 6.07) is 11.8. The summed E-state index contributed by atoms with van der Waals surface area (Å²) >= 11 is 0. The van der Waals surface area contributed by atoms with Crippen LogP contribution in [0.2, 0.25) is 0 Å². The lowest BCUT2D eigenvalue weighted by molar-refractivity contribution is -0.117. The fourth-order valence-electron chi connectivity index (χ4n) is 3.70. The lowest BCUT2D eigenvalue weighted by atomic mass is 10.3. The molecule has 0 radical (unpaired) electrons. The van der Waals surface area contributed by atoms with Gasteiger partial charge in [-0.25, -0.2) is 8.42 Å². The van der Waals surface area contributed by atoms with Gasteiger partial charge < -0.3 is 23.6 Å². The van der Waals surface area contributed by atoms with E-state index < -0.39 is 10.0 Å². The number of hydrogen-bond donors (Lipinski definition) is 1. The molecule has 11 heteroatoms. The van der Waals surface area contributed by atoms with Crippen molar-refractivity contribution in [3.8, 4) is 5.75 Å². The predicted octanol–water partition coefficient (Wildman–Crippen LogP) is 2.54. The third-order valence-electron chi connectivity index (χ3n) is 5.32. The van der Waals surface area contributed by atoms with Crippen LogP contribution in [-0.2, 0) is 32.6 Å². The van der Waals surface area contributed by atoms with Crippen LogP contribution in [-0.4, -0.2) is 63.5 Å². The Morgan fingerprint density at radius 2 is 1.71 bits per heavy atom. The number of anilines is 1. The van der Waals surface area contributed by atoms with Crippen LogP contribution in [0.25, 0.3) is 0 Å². The number of nitrogens with one attached hydrogen (secondary N) is 1. The van der Waals surface area contributed by atoms with Gasteiger partial charge in [0, 0.05) is 18.8 Å². The molecule has 1 fully saturated rings. The third-order valence-corrected chi connectivity index (χ3v) is 7.24. The molecule has 0 saturated carbocycles. The zero-order valence-electron chi connectivity index (χ0n) is 18.8. The topological polar surface area (TPSA) is 114 Å². The zero-order chi connectivity index (χ0) is 24.0. The number of methoxy groups -OCH3 is 1. The number of rotatable bonds is 10. The van der Waals surface area contributed by atoms with Gasteiger partial charge >= 0.3 is 0 Å². The lowest BCUT2D eigenvalue weighted by Gasteiger charge is -2.27. The van der Waals surface area contributed by atoms with Gasteiger partial charge in [-0.2, -0.15) is 4.31 Å². The van der Waals surface area contributed by atoms with Crippen LogP contribution in [0.1, 0.15) is 11.5 Å². The number of morpholine rings is 1. The molecule has 1 aliphatic rings. The third kappa shape index (κ3) is 5.86. The molecule has 1 amide bonds. The average Bonchev–Trinajstić information content (AvgIpc) is 3.54. The SMILES string of the molecule is COc1ccc(NC(=O)CN(Cc2ccco2)Cc2ccco2)cc1S(=O)(=O)N1CCOCC1. The molecular formula is C23H27N3O7S. The minimum Gasteiger partial charge on any atom is -0.495 e. The van der Waals surface area contributed by atoms with Crippen LogP contribution in [0.15, 0.2) is 68.7 Å². The van der Waals surface area contributed by atoms with Crippen LogP contribution in [0, 0.1) is 0 Å². The van der Waals surface area contributed by atoms with Crippen molar-refractivity contribution in [1.82, 2.24) is 9.21 Å². The van der Waals surface area contributed by atoms with E-state index in [4.69, 9.17) is 18.3 Å². The fraction of sp³-hybridized carbons (Fsp3) is 0.348. The van der Waals surface area contributed by atoms with Gasteiger partial charge in [-0.15, -0.1) is 0 Å². The first-order valence-electron chi connectivity index (χ1n) is 10.8. The normalized spacial score (nSPS) is 14.9. The maximum atomic E-state index is 13.2. The first-order valence-corrected chi connectivity index (χ1v) is 12.2. The Hall–Kier alpha value is -3.12. The summed E-state index contributed by atoms with van der Waals surface area (Å²) in [5, 5.41) is 2.79. The van der Waals surface area contributed by atoms with Crippen LogP contribution in [0.4, 0.5) is 5.69 Å². The van der Waals surface area contributed by atoms with Gasteiger partial charge in [-0.05, 0) is 42.5 Å². The Labute approximate surface area is 198 Å². The first kappa shape index (κ1) is 24.0. The number of hydrogen-bond acceptors (Lipinski definition) is 8. The van der Waals surface area contributed by atoms with Gasteiger partial charge in [-0.3, -0.25) is 9.69 Å². The monoisotopic (exact) mass is 489 g/mol. The van der Waals surface area contributed by atoms with E-state index in [0.717, 1.165) is 0 Å². The number of benzene rings is 1. The molecule has 1 aromatic carbocycles. The van der Waals surface area contributed by atoms with Crippen molar-refractivity contribution in [2.24, 2.45) is 0 Å². The van der Waals surface area contributed by atoms with E-state index >= 15 is 0 Å². The van der Waals surface area contributed by atoms with Crippen molar-refractivity contribution in [3.05, 3.63) is 66.5 Å². The zero-order valence-corrected chi connectivity index (χ0v) is 19.6. The smallest absolute Gasteiger partial charge is 0.246 e. The summed E-state index contributed by atoms with van der Waals surface area (Å²) in [4.78, 5) is 14.7. The fourth-order valence-corrected chi connectivity index (χ4v) is 5.29. The minimum atomic E-state index is -3.81. The van der Waals surface area contributed by atoms with Gasteiger partial charge in [0.05, 0.1) is 52.5 Å². The average molecular weight is 490 g/mol. The van der Waals surface area contributed by atoms with Crippen LogP contribution < -0.4 is 10.1 Å². The Bertz CT molecular complexity index is 1140. The molecule has 1 aliphatic heterocycles. The summed E-state index contributed by atoms with van der Waals surface area (Å²) in [7, 11) is -2.40. The van der Waals surface area contributed by atoms with Crippen molar-refractivity contribution < 1.29 is 31.5 Å². The number of carbonyl (C=O) groups is 1. The van der Waals surface area contributed by atoms with Crippen molar-refractivity contribution in [2.75, 3.05) is 45.3 Å². The second kappa shape index (κ2) is 10.9. The molecule has 34 heavy (non-hydrogen) atoms. The quantitative estimate of drug-likeness (QED) is 0.462. The number of carbonyl (C=O) groups excluding carboxylic acids is 1. The van der Waals surface area contributed by atoms with Crippen LogP contribution >= 0.6 is 0 Å². The maximum Gasteiger partial charge on any atom is 0.246 e. The summed E-state index contributed by atoms with van der Waals surface area (Å²) in [6.45, 7) is 2.03. The molecule has 3 aromatic rings. The largest absolute Gasteiger partial charge is 0.495 e. The number of ether oxygens (including phenoxy) is 2. The highest BCUT2D eigenvalue weighted by Crippen LogP contribution is 2.30. The maximum absolute atomic E-state index is 13.2. The van der Waals surface area contributed by atoms with Gasteiger partial charge in [-0.1, -0.05) is 0 Å². The second-order valence-electron chi connectivity index (χ2n) is 7.73. The Kier molecular flexibility index (Phi) is 7.68. The van der Waals surface area contributed by atoms with E-state index in [1.54, 1.807) is 30.7 Å². The number of sulfonamides is 1. The molecule has 10 nitrogen and oxygen atoms in total. The van der Waals surface area contributed by atoms with Crippen LogP contribution in [0.3, 0.4) is 0 Å². The van der Waals surface area contributed by atoms with E-state index in [9.17, 15) is 13.2 Å². The van der Waals surface area contributed by atoms with Gasteiger partial charge in [0.1, 0.15) is 22.2 Å². The van der Waals surface area contributed by atoms with Gasteiger partial charge in [0.15, 0.2) is 0 Å². The molecule has 3 heterocycles. The molecule has 0 bridgehead atoms. The molecule has 1 N–H and O–H groups in total.